The quantitative estimate of drug-likeness (QED) is 0.477. The minimum Gasteiger partial charge on any atom is -0.448 e. The number of anilines is 1. The van der Waals surface area contributed by atoms with Crippen molar-refractivity contribution in [3.63, 3.8) is 0 Å². The van der Waals surface area contributed by atoms with Crippen molar-refractivity contribution in [3.8, 4) is 0 Å². The molecule has 1 atom stereocenters. The van der Waals surface area contributed by atoms with Crippen LogP contribution in [0.5, 0.6) is 0 Å². The first kappa shape index (κ1) is 20.0. The van der Waals surface area contributed by atoms with E-state index in [9.17, 15) is 19.2 Å². The van der Waals surface area contributed by atoms with Gasteiger partial charge in [-0.1, -0.05) is 35.9 Å². The molecule has 0 spiro atoms. The number of rotatable bonds is 4. The van der Waals surface area contributed by atoms with Gasteiger partial charge in [0, 0.05) is 27.9 Å². The maximum atomic E-state index is 12.8. The van der Waals surface area contributed by atoms with Gasteiger partial charge in [0.1, 0.15) is 4.88 Å². The molecule has 8 heteroatoms. The first-order chi connectivity index (χ1) is 14.3. The second kappa shape index (κ2) is 7.85. The highest BCUT2D eigenvalue weighted by molar-refractivity contribution is 7.17. The number of benzene rings is 2. The van der Waals surface area contributed by atoms with E-state index < -0.39 is 18.0 Å². The van der Waals surface area contributed by atoms with Crippen LogP contribution in [0.2, 0.25) is 4.34 Å². The van der Waals surface area contributed by atoms with Gasteiger partial charge >= 0.3 is 5.97 Å². The predicted molar refractivity (Wildman–Crippen MR) is 113 cm³/mol. The van der Waals surface area contributed by atoms with E-state index in [-0.39, 0.29) is 27.6 Å². The van der Waals surface area contributed by atoms with Crippen LogP contribution in [0.4, 0.5) is 5.69 Å². The largest absolute Gasteiger partial charge is 0.448 e. The number of hydrogen-bond donors (Lipinski definition) is 1. The van der Waals surface area contributed by atoms with Gasteiger partial charge in [0.15, 0.2) is 17.7 Å². The first-order valence-corrected chi connectivity index (χ1v) is 10.1. The van der Waals surface area contributed by atoms with Crippen molar-refractivity contribution in [1.82, 2.24) is 0 Å². The molecule has 6 nitrogen and oxygen atoms in total. The second-order valence-corrected chi connectivity index (χ2v) is 8.32. The normalized spacial score (nSPS) is 13.3. The molecule has 2 aromatic carbocycles. The molecule has 0 fully saturated rings. The van der Waals surface area contributed by atoms with Gasteiger partial charge in [-0.05, 0) is 37.3 Å². The van der Waals surface area contributed by atoms with E-state index in [1.54, 1.807) is 30.3 Å². The number of esters is 1. The van der Waals surface area contributed by atoms with Crippen LogP contribution in [0, 0.1) is 0 Å². The van der Waals surface area contributed by atoms with Gasteiger partial charge in [-0.15, -0.1) is 11.3 Å². The molecule has 150 valence electrons. The third-order valence-corrected chi connectivity index (χ3v) is 5.83. The Bertz CT molecular complexity index is 1220. The van der Waals surface area contributed by atoms with Gasteiger partial charge in [-0.25, -0.2) is 4.79 Å². The SMILES string of the molecule is CC(OC(=O)c1ccc(Cl)s1)C(=O)Nc1ccc2c(c1)C(=O)c1ccccc1C2=O. The summed E-state index contributed by atoms with van der Waals surface area (Å²) in [5.74, 6) is -1.75. The third kappa shape index (κ3) is 3.65. The minimum absolute atomic E-state index is 0.217. The molecule has 1 amide bonds. The van der Waals surface area contributed by atoms with Crippen molar-refractivity contribution in [1.29, 1.82) is 0 Å². The van der Waals surface area contributed by atoms with Crippen LogP contribution in [-0.4, -0.2) is 29.5 Å². The van der Waals surface area contributed by atoms with Crippen molar-refractivity contribution >= 4 is 52.1 Å². The van der Waals surface area contributed by atoms with Crippen molar-refractivity contribution in [2.24, 2.45) is 0 Å². The zero-order valence-electron chi connectivity index (χ0n) is 15.6. The molecular weight excluding hydrogens is 426 g/mol. The average Bonchev–Trinajstić information content (AvgIpc) is 3.18. The van der Waals surface area contributed by atoms with Crippen LogP contribution in [0.25, 0.3) is 0 Å². The average molecular weight is 440 g/mol. The van der Waals surface area contributed by atoms with Crippen LogP contribution in [0.3, 0.4) is 0 Å². The van der Waals surface area contributed by atoms with Gasteiger partial charge in [0.05, 0.1) is 4.34 Å². The lowest BCUT2D eigenvalue weighted by Gasteiger charge is -2.19. The summed E-state index contributed by atoms with van der Waals surface area (Å²) in [6.45, 7) is 1.44. The van der Waals surface area contributed by atoms with Crippen molar-refractivity contribution < 1.29 is 23.9 Å². The minimum atomic E-state index is -1.08. The molecule has 0 saturated carbocycles. The lowest BCUT2D eigenvalue weighted by atomic mass is 9.84. The summed E-state index contributed by atoms with van der Waals surface area (Å²) in [6, 6.07) is 14.2. The van der Waals surface area contributed by atoms with Gasteiger partial charge in [0.2, 0.25) is 0 Å². The number of carbonyl (C=O) groups is 4. The zero-order valence-corrected chi connectivity index (χ0v) is 17.2. The van der Waals surface area contributed by atoms with Gasteiger partial charge in [-0.3, -0.25) is 14.4 Å². The van der Waals surface area contributed by atoms with E-state index >= 15 is 0 Å². The lowest BCUT2D eigenvalue weighted by molar-refractivity contribution is -0.123. The standard InChI is InChI=1S/C22H14ClNO5S/c1-11(29-22(28)17-8-9-18(23)30-17)21(27)24-12-6-7-15-16(10-12)20(26)14-5-3-2-4-13(14)19(15)25/h2-11H,1H3,(H,24,27). The number of hydrogen-bond acceptors (Lipinski definition) is 6. The molecule has 0 radical (unpaired) electrons. The summed E-state index contributed by atoms with van der Waals surface area (Å²) in [5.41, 5.74) is 1.51. The fourth-order valence-electron chi connectivity index (χ4n) is 3.12. The molecule has 1 unspecified atom stereocenters. The van der Waals surface area contributed by atoms with Crippen LogP contribution >= 0.6 is 22.9 Å². The van der Waals surface area contributed by atoms with Crippen molar-refractivity contribution in [2.75, 3.05) is 5.32 Å². The Balaban J connectivity index is 1.50. The molecule has 1 N–H and O–H groups in total. The van der Waals surface area contributed by atoms with Crippen molar-refractivity contribution in [3.05, 3.63) is 86.1 Å². The van der Waals surface area contributed by atoms with E-state index in [2.05, 4.69) is 5.32 Å². The summed E-state index contributed by atoms with van der Waals surface area (Å²) in [7, 11) is 0. The number of ketones is 2. The van der Waals surface area contributed by atoms with E-state index in [4.69, 9.17) is 16.3 Å². The van der Waals surface area contributed by atoms with Gasteiger partial charge in [0.25, 0.3) is 5.91 Å². The maximum Gasteiger partial charge on any atom is 0.349 e. The number of thiophene rings is 1. The summed E-state index contributed by atoms with van der Waals surface area (Å²) < 4.78 is 5.60. The Morgan fingerprint density at radius 1 is 0.933 bits per heavy atom. The van der Waals surface area contributed by atoms with E-state index in [1.165, 1.54) is 31.2 Å². The number of ether oxygens (including phenoxy) is 1. The highest BCUT2D eigenvalue weighted by Crippen LogP contribution is 2.29. The molecule has 1 heterocycles. The Morgan fingerprint density at radius 3 is 2.20 bits per heavy atom. The monoisotopic (exact) mass is 439 g/mol. The molecule has 1 aromatic heterocycles. The van der Waals surface area contributed by atoms with Crippen LogP contribution in [-0.2, 0) is 9.53 Å². The topological polar surface area (TPSA) is 89.5 Å². The molecule has 1 aliphatic rings. The van der Waals surface area contributed by atoms with E-state index in [1.807, 2.05) is 0 Å². The molecule has 1 aliphatic carbocycles. The number of carbonyl (C=O) groups excluding carboxylic acids is 4. The first-order valence-electron chi connectivity index (χ1n) is 8.95. The number of halogens is 1. The Morgan fingerprint density at radius 2 is 1.57 bits per heavy atom. The Labute approximate surface area is 180 Å². The van der Waals surface area contributed by atoms with E-state index in [0.29, 0.717) is 21.2 Å². The summed E-state index contributed by atoms with van der Waals surface area (Å²) in [6.07, 6.45) is -1.08. The fourth-order valence-corrected chi connectivity index (χ4v) is 4.04. The highest BCUT2D eigenvalue weighted by Gasteiger charge is 2.29. The Kier molecular flexibility index (Phi) is 5.24. The number of amides is 1. The smallest absolute Gasteiger partial charge is 0.349 e. The lowest BCUT2D eigenvalue weighted by Crippen LogP contribution is -2.30. The molecule has 0 aliphatic heterocycles. The molecule has 0 bridgehead atoms. The second-order valence-electron chi connectivity index (χ2n) is 6.60. The maximum absolute atomic E-state index is 12.8. The molecular formula is C22H14ClNO5S. The summed E-state index contributed by atoms with van der Waals surface area (Å²) >= 11 is 6.86. The summed E-state index contributed by atoms with van der Waals surface area (Å²) in [5, 5.41) is 2.61. The van der Waals surface area contributed by atoms with Crippen LogP contribution in [0.15, 0.2) is 54.6 Å². The van der Waals surface area contributed by atoms with Crippen LogP contribution in [0.1, 0.15) is 48.4 Å². The van der Waals surface area contributed by atoms with Gasteiger partial charge in [-0.2, -0.15) is 0 Å². The molecule has 30 heavy (non-hydrogen) atoms. The number of fused-ring (bicyclic) bond motifs is 2. The fraction of sp³-hybridized carbons (Fsp3) is 0.0909. The third-order valence-electron chi connectivity index (χ3n) is 4.62. The molecule has 4 rings (SSSR count). The Hall–Kier alpha value is -3.29. The number of nitrogens with one attached hydrogen (secondary N) is 1. The van der Waals surface area contributed by atoms with Gasteiger partial charge < -0.3 is 10.1 Å². The summed E-state index contributed by atoms with van der Waals surface area (Å²) in [4.78, 5) is 50.2. The van der Waals surface area contributed by atoms with Crippen molar-refractivity contribution in [2.45, 2.75) is 13.0 Å². The van der Waals surface area contributed by atoms with E-state index in [0.717, 1.165) is 11.3 Å². The predicted octanol–water partition coefficient (Wildman–Crippen LogP) is 4.36. The highest BCUT2D eigenvalue weighted by atomic mass is 35.5. The zero-order chi connectivity index (χ0) is 21.4. The molecule has 3 aromatic rings. The van der Waals surface area contributed by atoms with Crippen LogP contribution < -0.4 is 5.32 Å². The molecule has 0 saturated heterocycles.